The highest BCUT2D eigenvalue weighted by Gasteiger charge is 2.06. The number of hydrogen-bond donors (Lipinski definition) is 3. The first-order valence-electron chi connectivity index (χ1n) is 13.6. The van der Waals surface area contributed by atoms with E-state index in [1.165, 1.54) is 83.5 Å². The van der Waals surface area contributed by atoms with Crippen LogP contribution in [-0.4, -0.2) is 31.4 Å². The Labute approximate surface area is 202 Å². The zero-order chi connectivity index (χ0) is 24.0. The summed E-state index contributed by atoms with van der Waals surface area (Å²) in [6, 6.07) is 7.27. The number of benzene rings is 1. The summed E-state index contributed by atoms with van der Waals surface area (Å²) in [7, 11) is 0. The van der Waals surface area contributed by atoms with Crippen molar-refractivity contribution in [3.63, 3.8) is 0 Å². The van der Waals surface area contributed by atoms with Crippen LogP contribution in [0.3, 0.4) is 0 Å². The minimum absolute atomic E-state index is 0.00877. The molecule has 0 aromatic heterocycles. The summed E-state index contributed by atoms with van der Waals surface area (Å²) in [5, 5.41) is 8.95. The summed E-state index contributed by atoms with van der Waals surface area (Å²) in [5.41, 5.74) is 1.39. The SMILES string of the molecule is CCCCCCCCCCCCCCCCNC(=O)CNc1cccc(C(=O)NCCC)c1. The molecule has 5 nitrogen and oxygen atoms in total. The first-order valence-corrected chi connectivity index (χ1v) is 13.6. The van der Waals surface area contributed by atoms with E-state index >= 15 is 0 Å². The molecule has 0 aliphatic carbocycles. The average Bonchev–Trinajstić information content (AvgIpc) is 2.83. The van der Waals surface area contributed by atoms with Gasteiger partial charge in [0.1, 0.15) is 0 Å². The first-order chi connectivity index (χ1) is 16.2. The van der Waals surface area contributed by atoms with Crippen molar-refractivity contribution in [3.8, 4) is 0 Å². The van der Waals surface area contributed by atoms with Gasteiger partial charge in [-0.25, -0.2) is 0 Å². The number of nitrogens with one attached hydrogen (secondary N) is 3. The lowest BCUT2D eigenvalue weighted by atomic mass is 10.0. The maximum absolute atomic E-state index is 12.1. The highest BCUT2D eigenvalue weighted by atomic mass is 16.2. The molecular formula is C28H49N3O2. The fourth-order valence-electron chi connectivity index (χ4n) is 3.90. The van der Waals surface area contributed by atoms with E-state index in [0.717, 1.165) is 25.1 Å². The van der Waals surface area contributed by atoms with Gasteiger partial charge in [0.15, 0.2) is 0 Å². The Morgan fingerprint density at radius 2 is 1.24 bits per heavy atom. The van der Waals surface area contributed by atoms with E-state index in [2.05, 4.69) is 22.9 Å². The third kappa shape index (κ3) is 16.3. The second-order valence-corrected chi connectivity index (χ2v) is 9.14. The van der Waals surface area contributed by atoms with Crippen molar-refractivity contribution in [1.29, 1.82) is 0 Å². The molecule has 1 aromatic rings. The maximum Gasteiger partial charge on any atom is 0.251 e. The molecular weight excluding hydrogens is 410 g/mol. The van der Waals surface area contributed by atoms with Crippen LogP contribution in [0.1, 0.15) is 121 Å². The zero-order valence-electron chi connectivity index (χ0n) is 21.4. The summed E-state index contributed by atoms with van der Waals surface area (Å²) < 4.78 is 0. The molecule has 5 heteroatoms. The topological polar surface area (TPSA) is 70.2 Å². The van der Waals surface area contributed by atoms with Gasteiger partial charge in [0, 0.05) is 24.3 Å². The van der Waals surface area contributed by atoms with Crippen molar-refractivity contribution in [2.45, 2.75) is 110 Å². The van der Waals surface area contributed by atoms with Gasteiger partial charge < -0.3 is 16.0 Å². The number of hydrogen-bond acceptors (Lipinski definition) is 3. The second kappa shape index (κ2) is 20.6. The van der Waals surface area contributed by atoms with Gasteiger partial charge in [-0.15, -0.1) is 0 Å². The van der Waals surface area contributed by atoms with Crippen LogP contribution in [0.15, 0.2) is 24.3 Å². The highest BCUT2D eigenvalue weighted by Crippen LogP contribution is 2.13. The van der Waals surface area contributed by atoms with E-state index in [4.69, 9.17) is 0 Å². The summed E-state index contributed by atoms with van der Waals surface area (Å²) in [5.74, 6) is -0.0895. The number of carbonyl (C=O) groups excluding carboxylic acids is 2. The number of amides is 2. The molecule has 33 heavy (non-hydrogen) atoms. The van der Waals surface area contributed by atoms with Crippen molar-refractivity contribution < 1.29 is 9.59 Å². The van der Waals surface area contributed by atoms with Crippen LogP contribution >= 0.6 is 0 Å². The summed E-state index contributed by atoms with van der Waals surface area (Å²) in [6.07, 6.45) is 19.6. The standard InChI is InChI=1S/C28H49N3O2/c1-3-5-6-7-8-9-10-11-12-13-14-15-16-17-22-29-27(32)24-31-26-20-18-19-25(23-26)28(33)30-21-4-2/h18-20,23,31H,3-17,21-22,24H2,1-2H3,(H,29,32)(H,30,33). The molecule has 0 heterocycles. The molecule has 0 radical (unpaired) electrons. The molecule has 0 bridgehead atoms. The van der Waals surface area contributed by atoms with E-state index in [1.54, 1.807) is 12.1 Å². The Morgan fingerprint density at radius 3 is 1.82 bits per heavy atom. The lowest BCUT2D eigenvalue weighted by Crippen LogP contribution is -2.30. The van der Waals surface area contributed by atoms with E-state index in [9.17, 15) is 9.59 Å². The Balaban J connectivity index is 1.96. The predicted octanol–water partition coefficient (Wildman–Crippen LogP) is 6.84. The van der Waals surface area contributed by atoms with Gasteiger partial charge in [-0.3, -0.25) is 9.59 Å². The van der Waals surface area contributed by atoms with Crippen LogP contribution in [0.4, 0.5) is 5.69 Å². The molecule has 0 saturated heterocycles. The fourth-order valence-corrected chi connectivity index (χ4v) is 3.90. The molecule has 2 amide bonds. The van der Waals surface area contributed by atoms with Crippen LogP contribution in [0.2, 0.25) is 0 Å². The molecule has 0 fully saturated rings. The van der Waals surface area contributed by atoms with Crippen LogP contribution in [0.25, 0.3) is 0 Å². The minimum Gasteiger partial charge on any atom is -0.376 e. The Hall–Kier alpha value is -2.04. The van der Waals surface area contributed by atoms with Crippen molar-refractivity contribution in [3.05, 3.63) is 29.8 Å². The molecule has 1 rings (SSSR count). The fraction of sp³-hybridized carbons (Fsp3) is 0.714. The lowest BCUT2D eigenvalue weighted by Gasteiger charge is -2.09. The van der Waals surface area contributed by atoms with Crippen molar-refractivity contribution in [2.24, 2.45) is 0 Å². The summed E-state index contributed by atoms with van der Waals surface area (Å²) in [6.45, 7) is 5.92. The highest BCUT2D eigenvalue weighted by molar-refractivity contribution is 5.95. The molecule has 188 valence electrons. The lowest BCUT2D eigenvalue weighted by molar-refractivity contribution is -0.119. The van der Waals surface area contributed by atoms with Gasteiger partial charge in [0.25, 0.3) is 5.91 Å². The van der Waals surface area contributed by atoms with Crippen molar-refractivity contribution >= 4 is 17.5 Å². The van der Waals surface area contributed by atoms with Gasteiger partial charge in [0.05, 0.1) is 6.54 Å². The predicted molar refractivity (Wildman–Crippen MR) is 141 cm³/mol. The normalized spacial score (nSPS) is 10.7. The molecule has 0 aliphatic rings. The van der Waals surface area contributed by atoms with E-state index in [-0.39, 0.29) is 18.4 Å². The van der Waals surface area contributed by atoms with Gasteiger partial charge in [-0.2, -0.15) is 0 Å². The van der Waals surface area contributed by atoms with Crippen LogP contribution < -0.4 is 16.0 Å². The molecule has 0 unspecified atom stereocenters. The molecule has 0 atom stereocenters. The number of unbranched alkanes of at least 4 members (excludes halogenated alkanes) is 13. The van der Waals surface area contributed by atoms with Crippen LogP contribution in [0, 0.1) is 0 Å². The third-order valence-electron chi connectivity index (χ3n) is 5.97. The average molecular weight is 460 g/mol. The summed E-state index contributed by atoms with van der Waals surface area (Å²) >= 11 is 0. The molecule has 3 N–H and O–H groups in total. The largest absolute Gasteiger partial charge is 0.376 e. The van der Waals surface area contributed by atoms with Gasteiger partial charge in [-0.1, -0.05) is 103 Å². The Bertz CT molecular complexity index is 633. The van der Waals surface area contributed by atoms with Gasteiger partial charge in [0.2, 0.25) is 5.91 Å². The van der Waals surface area contributed by atoms with E-state index in [1.807, 2.05) is 19.1 Å². The Kier molecular flexibility index (Phi) is 18.1. The minimum atomic E-state index is -0.0808. The van der Waals surface area contributed by atoms with E-state index in [0.29, 0.717) is 12.1 Å². The van der Waals surface area contributed by atoms with Gasteiger partial charge in [-0.05, 0) is 31.0 Å². The first kappa shape index (κ1) is 29.0. The summed E-state index contributed by atoms with van der Waals surface area (Å²) in [4.78, 5) is 24.1. The van der Waals surface area contributed by atoms with Crippen LogP contribution in [0.5, 0.6) is 0 Å². The monoisotopic (exact) mass is 459 g/mol. The van der Waals surface area contributed by atoms with Crippen LogP contribution in [-0.2, 0) is 4.79 Å². The maximum atomic E-state index is 12.1. The van der Waals surface area contributed by atoms with Crippen molar-refractivity contribution in [2.75, 3.05) is 25.0 Å². The third-order valence-corrected chi connectivity index (χ3v) is 5.97. The van der Waals surface area contributed by atoms with Crippen molar-refractivity contribution in [1.82, 2.24) is 10.6 Å². The number of carbonyl (C=O) groups is 2. The number of anilines is 1. The second-order valence-electron chi connectivity index (χ2n) is 9.14. The molecule has 1 aromatic carbocycles. The quantitative estimate of drug-likeness (QED) is 0.176. The van der Waals surface area contributed by atoms with Gasteiger partial charge >= 0.3 is 0 Å². The molecule has 0 spiro atoms. The molecule has 0 aliphatic heterocycles. The van der Waals surface area contributed by atoms with E-state index < -0.39 is 0 Å². The Morgan fingerprint density at radius 1 is 0.667 bits per heavy atom. The molecule has 0 saturated carbocycles. The smallest absolute Gasteiger partial charge is 0.251 e. The number of rotatable bonds is 21. The zero-order valence-corrected chi connectivity index (χ0v) is 21.4.